The van der Waals surface area contributed by atoms with Crippen molar-refractivity contribution in [3.63, 3.8) is 0 Å². The molecule has 0 aliphatic rings. The number of primary amides is 1. The maximum Gasteiger partial charge on any atom is 0.251 e. The lowest BCUT2D eigenvalue weighted by Gasteiger charge is -2.29. The molecule has 0 bridgehead atoms. The van der Waals surface area contributed by atoms with Gasteiger partial charge in [-0.25, -0.2) is 0 Å². The summed E-state index contributed by atoms with van der Waals surface area (Å²) in [4.78, 5) is 24.8. The molecule has 6 nitrogen and oxygen atoms in total. The molecule has 6 heteroatoms. The number of benzene rings is 1. The van der Waals surface area contributed by atoms with Gasteiger partial charge < -0.3 is 21.7 Å². The van der Waals surface area contributed by atoms with Gasteiger partial charge in [-0.15, -0.1) is 0 Å². The number of nitrogen functional groups attached to an aromatic ring is 1. The van der Waals surface area contributed by atoms with Gasteiger partial charge in [0, 0.05) is 18.2 Å². The van der Waals surface area contributed by atoms with E-state index in [9.17, 15) is 9.59 Å². The summed E-state index contributed by atoms with van der Waals surface area (Å²) in [6, 6.07) is 5.04. The van der Waals surface area contributed by atoms with E-state index in [-0.39, 0.29) is 18.5 Å². The van der Waals surface area contributed by atoms with E-state index in [0.29, 0.717) is 23.5 Å². The molecular formula is C14H22N4O2. The lowest BCUT2D eigenvalue weighted by molar-refractivity contribution is -0.116. The second kappa shape index (κ2) is 6.79. The molecule has 1 aromatic rings. The summed E-state index contributed by atoms with van der Waals surface area (Å²) >= 11 is 0. The Kier molecular flexibility index (Phi) is 5.37. The summed E-state index contributed by atoms with van der Waals surface area (Å²) < 4.78 is 0. The number of nitrogens with two attached hydrogens (primary N) is 2. The number of anilines is 2. The van der Waals surface area contributed by atoms with Crippen molar-refractivity contribution < 1.29 is 9.59 Å². The maximum atomic E-state index is 11.9. The zero-order valence-electron chi connectivity index (χ0n) is 12.1. The first kappa shape index (κ1) is 15.8. The van der Waals surface area contributed by atoms with Crippen LogP contribution in [0.15, 0.2) is 18.2 Å². The van der Waals surface area contributed by atoms with E-state index < -0.39 is 5.91 Å². The van der Waals surface area contributed by atoms with Crippen molar-refractivity contribution in [2.24, 2.45) is 5.73 Å². The number of carbonyl (C=O) groups is 2. The fourth-order valence-electron chi connectivity index (χ4n) is 1.91. The monoisotopic (exact) mass is 278 g/mol. The molecule has 5 N–H and O–H groups in total. The molecule has 0 radical (unpaired) electrons. The summed E-state index contributed by atoms with van der Waals surface area (Å²) in [5, 5.41) is 2.73. The minimum absolute atomic E-state index is 0.0364. The third kappa shape index (κ3) is 3.88. The van der Waals surface area contributed by atoms with Crippen molar-refractivity contribution in [3.05, 3.63) is 23.8 Å². The van der Waals surface area contributed by atoms with Gasteiger partial charge in [0.25, 0.3) is 5.91 Å². The molecule has 0 aromatic heterocycles. The van der Waals surface area contributed by atoms with Gasteiger partial charge in [-0.3, -0.25) is 9.59 Å². The van der Waals surface area contributed by atoms with Crippen molar-refractivity contribution in [1.29, 1.82) is 0 Å². The molecule has 0 unspecified atom stereocenters. The summed E-state index contributed by atoms with van der Waals surface area (Å²) in [6.45, 7) is 6.32. The molecule has 0 spiro atoms. The van der Waals surface area contributed by atoms with Gasteiger partial charge in [-0.05, 0) is 39.0 Å². The number of hydrogen-bond acceptors (Lipinski definition) is 4. The van der Waals surface area contributed by atoms with Crippen LogP contribution in [0, 0.1) is 0 Å². The van der Waals surface area contributed by atoms with Crippen LogP contribution < -0.4 is 21.7 Å². The van der Waals surface area contributed by atoms with Gasteiger partial charge in [0.05, 0.1) is 17.9 Å². The predicted molar refractivity (Wildman–Crippen MR) is 80.5 cm³/mol. The van der Waals surface area contributed by atoms with Crippen molar-refractivity contribution in [2.45, 2.75) is 26.8 Å². The Bertz CT molecular complexity index is 500. The zero-order valence-corrected chi connectivity index (χ0v) is 12.1. The molecule has 1 aromatic carbocycles. The van der Waals surface area contributed by atoms with Crippen molar-refractivity contribution >= 4 is 23.2 Å². The number of nitrogens with zero attached hydrogens (tertiary/aromatic N) is 1. The SMILES string of the molecule is CCNC(=O)c1ccc(N)c(N(CC(N)=O)C(C)C)c1. The average Bonchev–Trinajstić information content (AvgIpc) is 2.36. The number of hydrogen-bond donors (Lipinski definition) is 3. The average molecular weight is 278 g/mol. The van der Waals surface area contributed by atoms with Crippen LogP contribution in [0.2, 0.25) is 0 Å². The van der Waals surface area contributed by atoms with E-state index in [0.717, 1.165) is 0 Å². The van der Waals surface area contributed by atoms with E-state index in [1.165, 1.54) is 0 Å². The van der Waals surface area contributed by atoms with E-state index in [1.807, 2.05) is 20.8 Å². The Balaban J connectivity index is 3.16. The zero-order chi connectivity index (χ0) is 15.3. The molecule has 0 saturated heterocycles. The summed E-state index contributed by atoms with van der Waals surface area (Å²) in [7, 11) is 0. The Morgan fingerprint density at radius 1 is 1.35 bits per heavy atom. The third-order valence-electron chi connectivity index (χ3n) is 2.89. The quantitative estimate of drug-likeness (QED) is 0.667. The van der Waals surface area contributed by atoms with E-state index in [1.54, 1.807) is 23.1 Å². The Hall–Kier alpha value is -2.24. The van der Waals surface area contributed by atoms with Crippen LogP contribution >= 0.6 is 0 Å². The Morgan fingerprint density at radius 3 is 2.50 bits per heavy atom. The maximum absolute atomic E-state index is 11.9. The first-order valence-electron chi connectivity index (χ1n) is 6.59. The fraction of sp³-hybridized carbons (Fsp3) is 0.429. The molecule has 110 valence electrons. The number of rotatable bonds is 6. The molecular weight excluding hydrogens is 256 g/mol. The highest BCUT2D eigenvalue weighted by Gasteiger charge is 2.17. The molecule has 0 heterocycles. The van der Waals surface area contributed by atoms with Crippen LogP contribution in [-0.2, 0) is 4.79 Å². The lowest BCUT2D eigenvalue weighted by atomic mass is 10.1. The van der Waals surface area contributed by atoms with Crippen molar-refractivity contribution in [2.75, 3.05) is 23.7 Å². The van der Waals surface area contributed by atoms with Gasteiger partial charge in [0.1, 0.15) is 0 Å². The first-order chi connectivity index (χ1) is 9.36. The van der Waals surface area contributed by atoms with E-state index in [2.05, 4.69) is 5.32 Å². The highest BCUT2D eigenvalue weighted by Crippen LogP contribution is 2.26. The van der Waals surface area contributed by atoms with Crippen LogP contribution in [0.1, 0.15) is 31.1 Å². The smallest absolute Gasteiger partial charge is 0.251 e. The Morgan fingerprint density at radius 2 is 2.00 bits per heavy atom. The summed E-state index contributed by atoms with van der Waals surface area (Å²) in [5.74, 6) is -0.613. The minimum Gasteiger partial charge on any atom is -0.397 e. The molecule has 0 aliphatic heterocycles. The predicted octanol–water partition coefficient (Wildman–Crippen LogP) is 0.719. The largest absolute Gasteiger partial charge is 0.397 e. The lowest BCUT2D eigenvalue weighted by Crippen LogP contribution is -2.39. The van der Waals surface area contributed by atoms with Crippen LogP contribution in [0.3, 0.4) is 0 Å². The molecule has 2 amide bonds. The molecule has 20 heavy (non-hydrogen) atoms. The highest BCUT2D eigenvalue weighted by molar-refractivity contribution is 5.96. The molecule has 0 saturated carbocycles. The van der Waals surface area contributed by atoms with Crippen LogP contribution in [0.5, 0.6) is 0 Å². The molecule has 0 fully saturated rings. The van der Waals surface area contributed by atoms with Crippen molar-refractivity contribution in [3.8, 4) is 0 Å². The van der Waals surface area contributed by atoms with E-state index in [4.69, 9.17) is 11.5 Å². The number of carbonyl (C=O) groups excluding carboxylic acids is 2. The number of amides is 2. The van der Waals surface area contributed by atoms with E-state index >= 15 is 0 Å². The number of nitrogens with one attached hydrogen (secondary N) is 1. The summed E-state index contributed by atoms with van der Waals surface area (Å²) in [5.41, 5.74) is 12.9. The van der Waals surface area contributed by atoms with Crippen LogP contribution in [-0.4, -0.2) is 30.9 Å². The Labute approximate surface area is 119 Å². The second-order valence-electron chi connectivity index (χ2n) is 4.82. The molecule has 0 aliphatic carbocycles. The van der Waals surface area contributed by atoms with Gasteiger partial charge in [0.2, 0.25) is 5.91 Å². The minimum atomic E-state index is -0.443. The fourth-order valence-corrected chi connectivity index (χ4v) is 1.91. The second-order valence-corrected chi connectivity index (χ2v) is 4.82. The van der Waals surface area contributed by atoms with Crippen LogP contribution in [0.25, 0.3) is 0 Å². The van der Waals surface area contributed by atoms with Crippen LogP contribution in [0.4, 0.5) is 11.4 Å². The highest BCUT2D eigenvalue weighted by atomic mass is 16.2. The summed E-state index contributed by atoms with van der Waals surface area (Å²) in [6.07, 6.45) is 0. The van der Waals surface area contributed by atoms with Gasteiger partial charge in [-0.1, -0.05) is 0 Å². The first-order valence-corrected chi connectivity index (χ1v) is 6.59. The standard InChI is InChI=1S/C14H22N4O2/c1-4-17-14(20)10-5-6-11(15)12(7-10)18(9(2)3)8-13(16)19/h5-7,9H,4,8,15H2,1-3H3,(H2,16,19)(H,17,20). The van der Waals surface area contributed by atoms with Crippen molar-refractivity contribution in [1.82, 2.24) is 5.32 Å². The topological polar surface area (TPSA) is 101 Å². The normalized spacial score (nSPS) is 10.4. The molecule has 0 atom stereocenters. The van der Waals surface area contributed by atoms with Gasteiger partial charge in [-0.2, -0.15) is 0 Å². The van der Waals surface area contributed by atoms with Gasteiger partial charge in [0.15, 0.2) is 0 Å². The molecule has 1 rings (SSSR count). The third-order valence-corrected chi connectivity index (χ3v) is 2.89. The van der Waals surface area contributed by atoms with Gasteiger partial charge >= 0.3 is 0 Å².